The molecule has 0 saturated carbocycles. The molecule has 0 fully saturated rings. The molecule has 2 N–H and O–H groups in total. The first-order chi connectivity index (χ1) is 11.7. The van der Waals surface area contributed by atoms with Crippen LogP contribution in [0.1, 0.15) is 30.5 Å². The van der Waals surface area contributed by atoms with E-state index in [0.29, 0.717) is 6.54 Å². The van der Waals surface area contributed by atoms with Gasteiger partial charge < -0.3 is 15.4 Å². The van der Waals surface area contributed by atoms with E-state index in [1.165, 1.54) is 0 Å². The Morgan fingerprint density at radius 2 is 1.88 bits per heavy atom. The lowest BCUT2D eigenvalue weighted by atomic mass is 10.0. The molecule has 2 aromatic carbocycles. The second-order valence-corrected chi connectivity index (χ2v) is 5.84. The largest absolute Gasteiger partial charge is 0.483 e. The van der Waals surface area contributed by atoms with Crippen molar-refractivity contribution < 1.29 is 9.53 Å². The molecule has 0 saturated heterocycles. The van der Waals surface area contributed by atoms with Crippen molar-refractivity contribution >= 4 is 17.5 Å². The highest BCUT2D eigenvalue weighted by Crippen LogP contribution is 2.28. The summed E-state index contributed by atoms with van der Waals surface area (Å²) in [5.41, 5.74) is 2.09. The molecule has 1 atom stereocenters. The minimum absolute atomic E-state index is 0.00839. The summed E-state index contributed by atoms with van der Waals surface area (Å²) in [6, 6.07) is 15.7. The third-order valence-electron chi connectivity index (χ3n) is 3.84. The first-order valence-corrected chi connectivity index (χ1v) is 8.42. The van der Waals surface area contributed by atoms with Crippen LogP contribution in [0.4, 0.5) is 0 Å². The number of rotatable bonds is 8. The number of nitrogens with one attached hydrogen (secondary N) is 2. The summed E-state index contributed by atoms with van der Waals surface area (Å²) >= 11 is 6.22. The monoisotopic (exact) mass is 346 g/mol. The number of hydrogen-bond acceptors (Lipinski definition) is 3. The van der Waals surface area contributed by atoms with Gasteiger partial charge in [0.2, 0.25) is 0 Å². The van der Waals surface area contributed by atoms with Gasteiger partial charge in [-0.25, -0.2) is 0 Å². The molecule has 128 valence electrons. The zero-order valence-corrected chi connectivity index (χ0v) is 14.8. The Morgan fingerprint density at radius 1 is 1.17 bits per heavy atom. The van der Waals surface area contributed by atoms with Gasteiger partial charge in [-0.2, -0.15) is 0 Å². The predicted octanol–water partition coefficient (Wildman–Crippen LogP) is 3.71. The van der Waals surface area contributed by atoms with Crippen LogP contribution in [0.25, 0.3) is 0 Å². The Hall–Kier alpha value is -2.04. The maximum atomic E-state index is 11.4. The molecule has 0 radical (unpaired) electrons. The van der Waals surface area contributed by atoms with Crippen LogP contribution < -0.4 is 15.4 Å². The van der Waals surface area contributed by atoms with Crippen LogP contribution in [0.3, 0.4) is 0 Å². The lowest BCUT2D eigenvalue weighted by Crippen LogP contribution is -2.26. The number of likely N-dealkylation sites (N-methyl/N-ethyl adjacent to an activating group) is 1. The van der Waals surface area contributed by atoms with E-state index in [0.717, 1.165) is 28.3 Å². The van der Waals surface area contributed by atoms with Crippen molar-refractivity contribution in [3.63, 3.8) is 0 Å². The molecule has 0 aromatic heterocycles. The van der Waals surface area contributed by atoms with Gasteiger partial charge in [0.05, 0.1) is 0 Å². The van der Waals surface area contributed by atoms with Gasteiger partial charge in [0, 0.05) is 30.2 Å². The third-order valence-corrected chi connectivity index (χ3v) is 4.21. The number of hydrogen-bond donors (Lipinski definition) is 2. The van der Waals surface area contributed by atoms with E-state index in [1.54, 1.807) is 7.05 Å². The van der Waals surface area contributed by atoms with E-state index >= 15 is 0 Å². The number of halogens is 1. The Bertz CT molecular complexity index is 676. The molecule has 5 heteroatoms. The molecule has 2 rings (SSSR count). The number of carbonyl (C=O) groups excluding carboxylic acids is 1. The Balaban J connectivity index is 2.09. The van der Waals surface area contributed by atoms with Gasteiger partial charge in [-0.3, -0.25) is 4.79 Å². The summed E-state index contributed by atoms with van der Waals surface area (Å²) in [6.07, 6.45) is 0.894. The van der Waals surface area contributed by atoms with Crippen molar-refractivity contribution in [3.8, 4) is 5.75 Å². The van der Waals surface area contributed by atoms with Crippen LogP contribution >= 0.6 is 11.6 Å². The van der Waals surface area contributed by atoms with Crippen molar-refractivity contribution in [2.75, 3.05) is 13.7 Å². The zero-order chi connectivity index (χ0) is 17.4. The van der Waals surface area contributed by atoms with Crippen molar-refractivity contribution in [3.05, 3.63) is 64.7 Å². The van der Waals surface area contributed by atoms with Crippen LogP contribution in [-0.4, -0.2) is 19.6 Å². The lowest BCUT2D eigenvalue weighted by molar-refractivity contribution is -0.122. The smallest absolute Gasteiger partial charge is 0.257 e. The number of benzene rings is 2. The van der Waals surface area contributed by atoms with Crippen LogP contribution in [0.15, 0.2) is 48.5 Å². The van der Waals surface area contributed by atoms with Gasteiger partial charge >= 0.3 is 0 Å². The summed E-state index contributed by atoms with van der Waals surface area (Å²) < 4.78 is 5.67. The lowest BCUT2D eigenvalue weighted by Gasteiger charge is -2.21. The minimum Gasteiger partial charge on any atom is -0.483 e. The fourth-order valence-electron chi connectivity index (χ4n) is 2.46. The first kappa shape index (κ1) is 18.3. The maximum Gasteiger partial charge on any atom is 0.257 e. The molecule has 2 aromatic rings. The van der Waals surface area contributed by atoms with E-state index in [1.807, 2.05) is 48.5 Å². The number of para-hydroxylation sites is 1. The van der Waals surface area contributed by atoms with Crippen molar-refractivity contribution in [1.82, 2.24) is 10.6 Å². The van der Waals surface area contributed by atoms with E-state index in [2.05, 4.69) is 17.6 Å². The molecular formula is C19H23ClN2O2. The highest BCUT2D eigenvalue weighted by Gasteiger charge is 2.15. The van der Waals surface area contributed by atoms with Crippen LogP contribution in [0.2, 0.25) is 5.02 Å². The molecule has 0 aliphatic carbocycles. The van der Waals surface area contributed by atoms with Crippen LogP contribution in [0, 0.1) is 0 Å². The third kappa shape index (κ3) is 4.98. The Labute approximate surface area is 148 Å². The molecule has 0 aliphatic heterocycles. The van der Waals surface area contributed by atoms with Gasteiger partial charge in [0.25, 0.3) is 5.91 Å². The topological polar surface area (TPSA) is 50.4 Å². The Kier molecular flexibility index (Phi) is 7.09. The van der Waals surface area contributed by atoms with Gasteiger partial charge in [-0.15, -0.1) is 0 Å². The number of ether oxygens (including phenoxy) is 1. The van der Waals surface area contributed by atoms with Crippen molar-refractivity contribution in [1.29, 1.82) is 0 Å². The molecular weight excluding hydrogens is 324 g/mol. The summed E-state index contributed by atoms with van der Waals surface area (Å²) in [5, 5.41) is 6.83. The molecule has 0 heterocycles. The van der Waals surface area contributed by atoms with Crippen LogP contribution in [0.5, 0.6) is 5.75 Å². The molecule has 24 heavy (non-hydrogen) atoms. The van der Waals surface area contributed by atoms with Crippen molar-refractivity contribution in [2.45, 2.75) is 25.9 Å². The number of carbonyl (C=O) groups is 1. The highest BCUT2D eigenvalue weighted by molar-refractivity contribution is 6.31. The normalized spacial score (nSPS) is 11.8. The molecule has 4 nitrogen and oxygen atoms in total. The van der Waals surface area contributed by atoms with Gasteiger partial charge in [0.15, 0.2) is 6.61 Å². The SMILES string of the molecule is CC[C@@H](NCc1ccccc1Cl)c1ccccc1OCC(=O)NC. The number of amides is 1. The zero-order valence-electron chi connectivity index (χ0n) is 14.0. The summed E-state index contributed by atoms with van der Waals surface area (Å²) in [4.78, 5) is 11.4. The van der Waals surface area contributed by atoms with E-state index < -0.39 is 0 Å². The highest BCUT2D eigenvalue weighted by atomic mass is 35.5. The van der Waals surface area contributed by atoms with Gasteiger partial charge in [-0.05, 0) is 24.1 Å². The van der Waals surface area contributed by atoms with Gasteiger partial charge in [0.1, 0.15) is 5.75 Å². The molecule has 0 aliphatic rings. The average Bonchev–Trinajstić information content (AvgIpc) is 2.62. The summed E-state index contributed by atoms with van der Waals surface area (Å²) in [5.74, 6) is 0.571. The average molecular weight is 347 g/mol. The van der Waals surface area contributed by atoms with E-state index in [-0.39, 0.29) is 18.6 Å². The standard InChI is InChI=1S/C19H23ClN2O2/c1-3-17(22-12-14-8-4-6-10-16(14)20)15-9-5-7-11-18(15)24-13-19(23)21-2/h4-11,17,22H,3,12-13H2,1-2H3,(H,21,23)/t17-/m1/s1. The summed E-state index contributed by atoms with van der Waals surface area (Å²) in [6.45, 7) is 2.79. The van der Waals surface area contributed by atoms with Crippen molar-refractivity contribution in [2.24, 2.45) is 0 Å². The molecule has 0 bridgehead atoms. The quantitative estimate of drug-likeness (QED) is 0.766. The summed E-state index contributed by atoms with van der Waals surface area (Å²) in [7, 11) is 1.59. The minimum atomic E-state index is -0.151. The first-order valence-electron chi connectivity index (χ1n) is 8.04. The fraction of sp³-hybridized carbons (Fsp3) is 0.316. The maximum absolute atomic E-state index is 11.4. The molecule has 0 unspecified atom stereocenters. The molecule has 1 amide bonds. The predicted molar refractivity (Wildman–Crippen MR) is 97.3 cm³/mol. The van der Waals surface area contributed by atoms with E-state index in [9.17, 15) is 4.79 Å². The fourth-order valence-corrected chi connectivity index (χ4v) is 2.67. The second kappa shape index (κ2) is 9.30. The van der Waals surface area contributed by atoms with Gasteiger partial charge in [-0.1, -0.05) is 54.9 Å². The molecule has 0 spiro atoms. The van der Waals surface area contributed by atoms with E-state index in [4.69, 9.17) is 16.3 Å². The van der Waals surface area contributed by atoms with Crippen LogP contribution in [-0.2, 0) is 11.3 Å². The second-order valence-electron chi connectivity index (χ2n) is 5.43. The Morgan fingerprint density at radius 3 is 2.58 bits per heavy atom.